The fourth-order valence-electron chi connectivity index (χ4n) is 3.69. The number of esters is 1. The Bertz CT molecular complexity index is 829. The fourth-order valence-corrected chi connectivity index (χ4v) is 3.91. The van der Waals surface area contributed by atoms with Crippen LogP contribution in [0.2, 0.25) is 5.02 Å². The molecule has 1 aromatic carbocycles. The number of halogens is 1. The van der Waals surface area contributed by atoms with Crippen molar-refractivity contribution in [2.24, 2.45) is 5.92 Å². The van der Waals surface area contributed by atoms with E-state index in [9.17, 15) is 14.7 Å². The second-order valence-electron chi connectivity index (χ2n) is 6.35. The van der Waals surface area contributed by atoms with E-state index in [1.807, 2.05) is 0 Å². The molecular weight excluding hydrogens is 358 g/mol. The molecule has 0 spiro atoms. The zero-order valence-corrected chi connectivity index (χ0v) is 15.4. The summed E-state index contributed by atoms with van der Waals surface area (Å²) < 4.78 is 10.1. The Labute approximate surface area is 156 Å². The highest BCUT2D eigenvalue weighted by molar-refractivity contribution is 6.32. The Morgan fingerprint density at radius 3 is 2.73 bits per heavy atom. The lowest BCUT2D eigenvalue weighted by Gasteiger charge is -2.38. The Hall–Kier alpha value is -2.47. The summed E-state index contributed by atoms with van der Waals surface area (Å²) in [4.78, 5) is 25.2. The van der Waals surface area contributed by atoms with Crippen LogP contribution in [-0.4, -0.2) is 31.1 Å². The van der Waals surface area contributed by atoms with Crippen molar-refractivity contribution >= 4 is 23.4 Å². The normalized spacial score (nSPS) is 22.6. The van der Waals surface area contributed by atoms with E-state index in [1.165, 1.54) is 14.2 Å². The van der Waals surface area contributed by atoms with Gasteiger partial charge in [0.05, 0.1) is 19.2 Å². The van der Waals surface area contributed by atoms with Gasteiger partial charge in [-0.25, -0.2) is 0 Å². The van der Waals surface area contributed by atoms with Crippen LogP contribution in [0, 0.1) is 5.92 Å². The van der Waals surface area contributed by atoms with E-state index >= 15 is 0 Å². The van der Waals surface area contributed by atoms with Crippen molar-refractivity contribution in [1.29, 1.82) is 0 Å². The number of Topliss-reactive ketones (excluding diaryl/α,β-unsaturated/α-hetero) is 1. The summed E-state index contributed by atoms with van der Waals surface area (Å²) >= 11 is 6.14. The lowest BCUT2D eigenvalue weighted by Crippen LogP contribution is -2.40. The van der Waals surface area contributed by atoms with Crippen LogP contribution in [0.5, 0.6) is 11.5 Å². The number of phenols is 1. The minimum atomic E-state index is -0.786. The summed E-state index contributed by atoms with van der Waals surface area (Å²) in [6.07, 6.45) is 1.86. The molecule has 1 heterocycles. The third-order valence-corrected chi connectivity index (χ3v) is 5.16. The van der Waals surface area contributed by atoms with Crippen molar-refractivity contribution in [3.8, 4) is 11.5 Å². The second-order valence-corrected chi connectivity index (χ2v) is 6.76. The number of benzene rings is 1. The highest BCUT2D eigenvalue weighted by Crippen LogP contribution is 2.47. The lowest BCUT2D eigenvalue weighted by molar-refractivity contribution is -0.144. The van der Waals surface area contributed by atoms with Crippen LogP contribution in [0.3, 0.4) is 0 Å². The quantitative estimate of drug-likeness (QED) is 0.787. The van der Waals surface area contributed by atoms with Crippen molar-refractivity contribution in [2.75, 3.05) is 14.2 Å². The van der Waals surface area contributed by atoms with E-state index in [0.717, 1.165) is 12.1 Å². The monoisotopic (exact) mass is 377 g/mol. The molecule has 7 heteroatoms. The van der Waals surface area contributed by atoms with Gasteiger partial charge in [-0.05, 0) is 30.5 Å². The Kier molecular flexibility index (Phi) is 4.96. The fraction of sp³-hybridized carbons (Fsp3) is 0.368. The molecule has 3 rings (SSSR count). The molecule has 2 aliphatic rings. The highest BCUT2D eigenvalue weighted by Gasteiger charge is 2.44. The largest absolute Gasteiger partial charge is 0.503 e. The lowest BCUT2D eigenvalue weighted by atomic mass is 9.71. The number of nitrogens with one attached hydrogen (secondary N) is 1. The molecule has 1 aliphatic carbocycles. The van der Waals surface area contributed by atoms with Crippen LogP contribution in [0.4, 0.5) is 0 Å². The standard InChI is InChI=1S/C19H20ClNO5/c1-9-15(19(24)26-3)16(17-12(21-9)5-4-6-13(17)22)10-7-11(20)18(23)14(8-10)25-2/h7-8,15-16,21,23H,1,4-6H2,2-3H3. The molecule has 0 aromatic heterocycles. The number of ketones is 1. The molecule has 1 aromatic rings. The van der Waals surface area contributed by atoms with Crippen LogP contribution in [-0.2, 0) is 14.3 Å². The van der Waals surface area contributed by atoms with Crippen molar-refractivity contribution in [3.63, 3.8) is 0 Å². The van der Waals surface area contributed by atoms with E-state index in [1.54, 1.807) is 12.1 Å². The van der Waals surface area contributed by atoms with E-state index < -0.39 is 17.8 Å². The van der Waals surface area contributed by atoms with Crippen molar-refractivity contribution < 1.29 is 24.2 Å². The molecule has 0 fully saturated rings. The van der Waals surface area contributed by atoms with Gasteiger partial charge in [0.15, 0.2) is 17.3 Å². The molecule has 1 aliphatic heterocycles. The minimum absolute atomic E-state index is 0.0201. The number of aromatic hydroxyl groups is 1. The zero-order chi connectivity index (χ0) is 19.0. The van der Waals surface area contributed by atoms with Gasteiger partial charge in [0, 0.05) is 29.3 Å². The van der Waals surface area contributed by atoms with Gasteiger partial charge in [-0.2, -0.15) is 0 Å². The Morgan fingerprint density at radius 2 is 2.08 bits per heavy atom. The molecule has 0 saturated carbocycles. The minimum Gasteiger partial charge on any atom is -0.503 e. The van der Waals surface area contributed by atoms with Gasteiger partial charge in [0.2, 0.25) is 0 Å². The summed E-state index contributed by atoms with van der Waals surface area (Å²) in [5, 5.41) is 13.2. The highest BCUT2D eigenvalue weighted by atomic mass is 35.5. The van der Waals surface area contributed by atoms with Crippen LogP contribution < -0.4 is 10.1 Å². The van der Waals surface area contributed by atoms with Crippen LogP contribution in [0.1, 0.15) is 30.7 Å². The number of allylic oxidation sites excluding steroid dienone is 2. The summed E-state index contributed by atoms with van der Waals surface area (Å²) in [5.41, 5.74) is 2.38. The molecule has 26 heavy (non-hydrogen) atoms. The third-order valence-electron chi connectivity index (χ3n) is 4.87. The van der Waals surface area contributed by atoms with Gasteiger partial charge in [-0.3, -0.25) is 9.59 Å². The average Bonchev–Trinajstić information content (AvgIpc) is 2.62. The van der Waals surface area contributed by atoms with Gasteiger partial charge in [0.1, 0.15) is 5.92 Å². The first-order valence-electron chi connectivity index (χ1n) is 8.25. The molecule has 2 unspecified atom stereocenters. The van der Waals surface area contributed by atoms with Gasteiger partial charge in [0.25, 0.3) is 0 Å². The van der Waals surface area contributed by atoms with Crippen LogP contribution in [0.15, 0.2) is 35.7 Å². The number of carbonyl (C=O) groups is 2. The maximum absolute atomic E-state index is 12.7. The summed E-state index contributed by atoms with van der Waals surface area (Å²) in [5.74, 6) is -1.93. The van der Waals surface area contributed by atoms with E-state index in [2.05, 4.69) is 11.9 Å². The zero-order valence-electron chi connectivity index (χ0n) is 14.6. The number of hydrogen-bond acceptors (Lipinski definition) is 6. The number of phenolic OH excluding ortho intramolecular Hbond substituents is 1. The Morgan fingerprint density at radius 1 is 1.35 bits per heavy atom. The van der Waals surface area contributed by atoms with Gasteiger partial charge in [-0.1, -0.05) is 18.2 Å². The first-order valence-corrected chi connectivity index (χ1v) is 8.63. The first-order chi connectivity index (χ1) is 12.4. The number of hydrogen-bond donors (Lipinski definition) is 2. The smallest absolute Gasteiger partial charge is 0.315 e. The van der Waals surface area contributed by atoms with Crippen LogP contribution >= 0.6 is 11.6 Å². The van der Waals surface area contributed by atoms with Crippen molar-refractivity contribution in [1.82, 2.24) is 5.32 Å². The average molecular weight is 378 g/mol. The molecule has 0 amide bonds. The number of rotatable bonds is 3. The van der Waals surface area contributed by atoms with Crippen molar-refractivity contribution in [3.05, 3.63) is 46.3 Å². The molecule has 138 valence electrons. The number of ether oxygens (including phenoxy) is 2. The molecule has 0 bridgehead atoms. The SMILES string of the molecule is C=C1NC2=C(C(=O)CCC2)C(c2cc(Cl)c(O)c(OC)c2)C1C(=O)OC. The molecule has 0 radical (unpaired) electrons. The third kappa shape index (κ3) is 2.94. The van der Waals surface area contributed by atoms with E-state index in [0.29, 0.717) is 29.7 Å². The molecule has 2 atom stereocenters. The topological polar surface area (TPSA) is 84.9 Å². The maximum Gasteiger partial charge on any atom is 0.315 e. The number of methoxy groups -OCH3 is 2. The predicted molar refractivity (Wildman–Crippen MR) is 96.1 cm³/mol. The Balaban J connectivity index is 2.24. The molecule has 2 N–H and O–H groups in total. The first kappa shape index (κ1) is 18.3. The molecule has 6 nitrogen and oxygen atoms in total. The summed E-state index contributed by atoms with van der Waals surface area (Å²) in [6, 6.07) is 3.14. The van der Waals surface area contributed by atoms with E-state index in [-0.39, 0.29) is 22.3 Å². The van der Waals surface area contributed by atoms with Gasteiger partial charge < -0.3 is 19.9 Å². The molecule has 0 saturated heterocycles. The van der Waals surface area contributed by atoms with Crippen molar-refractivity contribution in [2.45, 2.75) is 25.2 Å². The van der Waals surface area contributed by atoms with Gasteiger partial charge in [-0.15, -0.1) is 0 Å². The predicted octanol–water partition coefficient (Wildman–Crippen LogP) is 3.05. The summed E-state index contributed by atoms with van der Waals surface area (Å²) in [6.45, 7) is 3.97. The second kappa shape index (κ2) is 7.03. The summed E-state index contributed by atoms with van der Waals surface area (Å²) in [7, 11) is 2.70. The van der Waals surface area contributed by atoms with Crippen LogP contribution in [0.25, 0.3) is 0 Å². The van der Waals surface area contributed by atoms with Gasteiger partial charge >= 0.3 is 5.97 Å². The number of carbonyl (C=O) groups excluding carboxylic acids is 2. The maximum atomic E-state index is 12.7. The molecular formula is C19H20ClNO5. The van der Waals surface area contributed by atoms with E-state index in [4.69, 9.17) is 21.1 Å².